The SMILES string of the molecule is CNC(c1ccc(C)cc1C)c1snnc1C(C)(C)C. The third-order valence-electron chi connectivity index (χ3n) is 3.51. The summed E-state index contributed by atoms with van der Waals surface area (Å²) in [7, 11) is 2.00. The zero-order chi connectivity index (χ0) is 14.9. The molecule has 3 nitrogen and oxygen atoms in total. The van der Waals surface area contributed by atoms with E-state index in [1.807, 2.05) is 7.05 Å². The normalized spacial score (nSPS) is 13.5. The molecule has 1 heterocycles. The van der Waals surface area contributed by atoms with Crippen LogP contribution in [0.4, 0.5) is 0 Å². The van der Waals surface area contributed by atoms with Gasteiger partial charge in [0.25, 0.3) is 0 Å². The molecule has 2 aromatic rings. The fourth-order valence-corrected chi connectivity index (χ4v) is 3.48. The van der Waals surface area contributed by atoms with Crippen molar-refractivity contribution in [3.05, 3.63) is 45.5 Å². The molecule has 4 heteroatoms. The van der Waals surface area contributed by atoms with E-state index in [1.54, 1.807) is 0 Å². The third kappa shape index (κ3) is 2.91. The highest BCUT2D eigenvalue weighted by atomic mass is 32.1. The van der Waals surface area contributed by atoms with Crippen LogP contribution in [0.2, 0.25) is 0 Å². The van der Waals surface area contributed by atoms with Gasteiger partial charge in [-0.15, -0.1) is 5.10 Å². The number of hydrogen-bond acceptors (Lipinski definition) is 4. The molecule has 0 saturated heterocycles. The monoisotopic (exact) mass is 289 g/mol. The van der Waals surface area contributed by atoms with Gasteiger partial charge in [0.15, 0.2) is 0 Å². The fourth-order valence-electron chi connectivity index (χ4n) is 2.48. The lowest BCUT2D eigenvalue weighted by molar-refractivity contribution is 0.549. The first-order valence-corrected chi connectivity index (χ1v) is 7.69. The molecule has 0 amide bonds. The molecule has 0 spiro atoms. The highest BCUT2D eigenvalue weighted by Crippen LogP contribution is 2.34. The van der Waals surface area contributed by atoms with Gasteiger partial charge in [-0.25, -0.2) is 0 Å². The summed E-state index contributed by atoms with van der Waals surface area (Å²) in [6.07, 6.45) is 0. The molecular weight excluding hydrogens is 266 g/mol. The van der Waals surface area contributed by atoms with E-state index in [2.05, 4.69) is 67.7 Å². The first-order chi connectivity index (χ1) is 9.34. The van der Waals surface area contributed by atoms with Gasteiger partial charge in [-0.1, -0.05) is 49.0 Å². The van der Waals surface area contributed by atoms with E-state index in [-0.39, 0.29) is 11.5 Å². The Morgan fingerprint density at radius 1 is 1.20 bits per heavy atom. The molecule has 0 aliphatic carbocycles. The van der Waals surface area contributed by atoms with E-state index in [0.29, 0.717) is 0 Å². The minimum atomic E-state index is 0.00996. The summed E-state index contributed by atoms with van der Waals surface area (Å²) in [5.74, 6) is 0. The van der Waals surface area contributed by atoms with Crippen molar-refractivity contribution in [2.75, 3.05) is 7.05 Å². The Morgan fingerprint density at radius 2 is 1.90 bits per heavy atom. The van der Waals surface area contributed by atoms with Crippen LogP contribution in [0.5, 0.6) is 0 Å². The number of benzene rings is 1. The molecule has 0 fully saturated rings. The molecule has 1 atom stereocenters. The van der Waals surface area contributed by atoms with Crippen LogP contribution < -0.4 is 5.32 Å². The summed E-state index contributed by atoms with van der Waals surface area (Å²) in [5.41, 5.74) is 4.99. The van der Waals surface area contributed by atoms with Crippen LogP contribution in [-0.2, 0) is 5.41 Å². The standard InChI is InChI=1S/C16H23N3S/c1-10-7-8-12(11(2)9-10)13(17-6)14-15(16(3,4)5)18-19-20-14/h7-9,13,17H,1-6H3. The first kappa shape index (κ1) is 15.1. The predicted molar refractivity (Wildman–Crippen MR) is 85.4 cm³/mol. The molecule has 0 radical (unpaired) electrons. The van der Waals surface area contributed by atoms with Crippen LogP contribution in [0.25, 0.3) is 0 Å². The molecule has 0 saturated carbocycles. The topological polar surface area (TPSA) is 37.8 Å². The molecule has 0 bridgehead atoms. The smallest absolute Gasteiger partial charge is 0.0860 e. The second kappa shape index (κ2) is 5.62. The molecular formula is C16H23N3S. The second-order valence-electron chi connectivity index (χ2n) is 6.32. The van der Waals surface area contributed by atoms with E-state index in [0.717, 1.165) is 5.69 Å². The number of aryl methyl sites for hydroxylation is 2. The zero-order valence-corrected chi connectivity index (χ0v) is 13.9. The zero-order valence-electron chi connectivity index (χ0n) is 13.1. The molecule has 1 aromatic heterocycles. The molecule has 1 N–H and O–H groups in total. The lowest BCUT2D eigenvalue weighted by Crippen LogP contribution is -2.23. The maximum atomic E-state index is 4.36. The average molecular weight is 289 g/mol. The Bertz CT molecular complexity index is 596. The van der Waals surface area contributed by atoms with Gasteiger partial charge in [0.2, 0.25) is 0 Å². The van der Waals surface area contributed by atoms with Crippen LogP contribution in [-0.4, -0.2) is 16.6 Å². The number of hydrogen-bond donors (Lipinski definition) is 1. The second-order valence-corrected chi connectivity index (χ2v) is 7.10. The molecule has 2 rings (SSSR count). The molecule has 0 aliphatic heterocycles. The van der Waals surface area contributed by atoms with Gasteiger partial charge in [-0.2, -0.15) is 0 Å². The maximum absolute atomic E-state index is 4.36. The fraction of sp³-hybridized carbons (Fsp3) is 0.500. The quantitative estimate of drug-likeness (QED) is 0.935. The van der Waals surface area contributed by atoms with E-state index >= 15 is 0 Å². The summed E-state index contributed by atoms with van der Waals surface area (Å²) < 4.78 is 4.18. The summed E-state index contributed by atoms with van der Waals surface area (Å²) in [6.45, 7) is 10.8. The van der Waals surface area contributed by atoms with Gasteiger partial charge >= 0.3 is 0 Å². The van der Waals surface area contributed by atoms with E-state index in [4.69, 9.17) is 0 Å². The highest BCUT2D eigenvalue weighted by Gasteiger charge is 2.28. The van der Waals surface area contributed by atoms with Gasteiger partial charge in [0.1, 0.15) is 0 Å². The minimum Gasteiger partial charge on any atom is -0.309 e. The number of aromatic nitrogens is 2. The minimum absolute atomic E-state index is 0.00996. The van der Waals surface area contributed by atoms with Crippen molar-refractivity contribution in [3.8, 4) is 0 Å². The third-order valence-corrected chi connectivity index (χ3v) is 4.30. The van der Waals surface area contributed by atoms with Crippen LogP contribution in [0.15, 0.2) is 18.2 Å². The largest absolute Gasteiger partial charge is 0.309 e. The highest BCUT2D eigenvalue weighted by molar-refractivity contribution is 7.05. The number of nitrogens with zero attached hydrogens (tertiary/aromatic N) is 2. The van der Waals surface area contributed by atoms with E-state index in [9.17, 15) is 0 Å². The lowest BCUT2D eigenvalue weighted by atomic mass is 9.88. The van der Waals surface area contributed by atoms with Crippen molar-refractivity contribution in [1.29, 1.82) is 0 Å². The molecule has 108 valence electrons. The van der Waals surface area contributed by atoms with Crippen molar-refractivity contribution in [3.63, 3.8) is 0 Å². The maximum Gasteiger partial charge on any atom is 0.0860 e. The Balaban J connectivity index is 2.51. The Labute approximate surface area is 125 Å². The van der Waals surface area contributed by atoms with Crippen LogP contribution >= 0.6 is 11.5 Å². The van der Waals surface area contributed by atoms with Gasteiger partial charge in [0, 0.05) is 5.41 Å². The van der Waals surface area contributed by atoms with Crippen molar-refractivity contribution >= 4 is 11.5 Å². The summed E-state index contributed by atoms with van der Waals surface area (Å²) >= 11 is 1.49. The van der Waals surface area contributed by atoms with Gasteiger partial charge in [-0.3, -0.25) is 0 Å². The number of nitrogens with one attached hydrogen (secondary N) is 1. The van der Waals surface area contributed by atoms with E-state index in [1.165, 1.54) is 33.1 Å². The average Bonchev–Trinajstić information content (AvgIpc) is 2.81. The Hall–Kier alpha value is -1.26. The predicted octanol–water partition coefficient (Wildman–Crippen LogP) is 3.76. The summed E-state index contributed by atoms with van der Waals surface area (Å²) in [6, 6.07) is 6.76. The van der Waals surface area contributed by atoms with Gasteiger partial charge in [0.05, 0.1) is 16.6 Å². The Morgan fingerprint density at radius 3 is 2.45 bits per heavy atom. The number of rotatable bonds is 3. The summed E-state index contributed by atoms with van der Waals surface area (Å²) in [4.78, 5) is 1.21. The molecule has 20 heavy (non-hydrogen) atoms. The summed E-state index contributed by atoms with van der Waals surface area (Å²) in [5, 5.41) is 7.78. The molecule has 0 aliphatic rings. The van der Waals surface area contributed by atoms with Crippen molar-refractivity contribution in [2.24, 2.45) is 0 Å². The van der Waals surface area contributed by atoms with Crippen molar-refractivity contribution in [1.82, 2.24) is 14.9 Å². The molecule has 1 aromatic carbocycles. The van der Waals surface area contributed by atoms with Crippen LogP contribution in [0.3, 0.4) is 0 Å². The van der Waals surface area contributed by atoms with Crippen LogP contribution in [0, 0.1) is 13.8 Å². The van der Waals surface area contributed by atoms with Crippen molar-refractivity contribution in [2.45, 2.75) is 46.1 Å². The van der Waals surface area contributed by atoms with E-state index < -0.39 is 0 Å². The van der Waals surface area contributed by atoms with Crippen LogP contribution in [0.1, 0.15) is 54.1 Å². The van der Waals surface area contributed by atoms with Gasteiger partial charge in [-0.05, 0) is 43.6 Å². The molecule has 1 unspecified atom stereocenters. The Kier molecular flexibility index (Phi) is 4.25. The van der Waals surface area contributed by atoms with Gasteiger partial charge < -0.3 is 5.32 Å². The lowest BCUT2D eigenvalue weighted by Gasteiger charge is -2.23. The first-order valence-electron chi connectivity index (χ1n) is 6.91. The van der Waals surface area contributed by atoms with Crippen molar-refractivity contribution < 1.29 is 0 Å².